The van der Waals surface area contributed by atoms with E-state index in [1.165, 1.54) is 19.3 Å². The number of anilines is 1. The van der Waals surface area contributed by atoms with Gasteiger partial charge in [-0.2, -0.15) is 0 Å². The molecule has 8 heteroatoms. The number of hydrogen-bond acceptors (Lipinski definition) is 4. The van der Waals surface area contributed by atoms with E-state index in [2.05, 4.69) is 21.5 Å². The van der Waals surface area contributed by atoms with Crippen LogP contribution in [0.4, 0.5) is 10.5 Å². The van der Waals surface area contributed by atoms with Crippen LogP contribution in [0.1, 0.15) is 41.6 Å². The van der Waals surface area contributed by atoms with Crippen LogP contribution in [0.2, 0.25) is 0 Å². The number of nitrogens with one attached hydrogen (secondary N) is 4. The van der Waals surface area contributed by atoms with Gasteiger partial charge in [0, 0.05) is 12.6 Å². The SMILES string of the molecule is CC(=O)Nc1cccc(C(C)NC(=O)NNC(=O)c2ccoc2C)c1. The second-order valence-corrected chi connectivity index (χ2v) is 5.47. The molecule has 1 atom stereocenters. The first-order valence-electron chi connectivity index (χ1n) is 7.65. The Morgan fingerprint density at radius 3 is 2.52 bits per heavy atom. The molecule has 0 aliphatic heterocycles. The fourth-order valence-corrected chi connectivity index (χ4v) is 2.21. The van der Waals surface area contributed by atoms with Gasteiger partial charge in [0.2, 0.25) is 5.91 Å². The van der Waals surface area contributed by atoms with Gasteiger partial charge in [-0.3, -0.25) is 15.0 Å². The summed E-state index contributed by atoms with van der Waals surface area (Å²) in [6, 6.07) is 7.74. The standard InChI is InChI=1S/C17H20N4O4/c1-10(13-5-4-6-14(9-13)19-12(3)22)18-17(24)21-20-16(23)15-7-8-25-11(15)2/h4-10H,1-3H3,(H,19,22)(H,20,23)(H2,18,21,24). The van der Waals surface area contributed by atoms with Crippen molar-refractivity contribution in [2.24, 2.45) is 0 Å². The molecule has 25 heavy (non-hydrogen) atoms. The van der Waals surface area contributed by atoms with Gasteiger partial charge in [-0.15, -0.1) is 0 Å². The quantitative estimate of drug-likeness (QED) is 0.637. The normalized spacial score (nSPS) is 11.3. The first-order valence-corrected chi connectivity index (χ1v) is 7.65. The molecule has 0 saturated heterocycles. The van der Waals surface area contributed by atoms with Gasteiger partial charge in [-0.25, -0.2) is 10.2 Å². The highest BCUT2D eigenvalue weighted by atomic mass is 16.3. The summed E-state index contributed by atoms with van der Waals surface area (Å²) in [5.41, 5.74) is 6.38. The van der Waals surface area contributed by atoms with E-state index in [0.29, 0.717) is 17.0 Å². The van der Waals surface area contributed by atoms with Crippen LogP contribution in [0.15, 0.2) is 41.0 Å². The highest BCUT2D eigenvalue weighted by molar-refractivity contribution is 5.96. The van der Waals surface area contributed by atoms with E-state index < -0.39 is 11.9 Å². The van der Waals surface area contributed by atoms with Crippen molar-refractivity contribution in [1.82, 2.24) is 16.2 Å². The Bertz CT molecular complexity index is 784. The monoisotopic (exact) mass is 344 g/mol. The van der Waals surface area contributed by atoms with E-state index in [4.69, 9.17) is 4.42 Å². The topological polar surface area (TPSA) is 112 Å². The van der Waals surface area contributed by atoms with Crippen molar-refractivity contribution in [3.05, 3.63) is 53.5 Å². The van der Waals surface area contributed by atoms with Crippen LogP contribution < -0.4 is 21.5 Å². The predicted molar refractivity (Wildman–Crippen MR) is 91.7 cm³/mol. The van der Waals surface area contributed by atoms with E-state index >= 15 is 0 Å². The van der Waals surface area contributed by atoms with Gasteiger partial charge in [0.25, 0.3) is 5.91 Å². The molecule has 0 bridgehead atoms. The third-order valence-corrected chi connectivity index (χ3v) is 3.45. The van der Waals surface area contributed by atoms with Crippen molar-refractivity contribution in [3.63, 3.8) is 0 Å². The molecule has 4 N–H and O–H groups in total. The first-order chi connectivity index (χ1) is 11.9. The Morgan fingerprint density at radius 2 is 1.88 bits per heavy atom. The lowest BCUT2D eigenvalue weighted by Gasteiger charge is -2.16. The number of furan rings is 1. The van der Waals surface area contributed by atoms with Gasteiger partial charge in [0.15, 0.2) is 0 Å². The van der Waals surface area contributed by atoms with Crippen LogP contribution in [-0.2, 0) is 4.79 Å². The summed E-state index contributed by atoms with van der Waals surface area (Å²) >= 11 is 0. The molecule has 4 amide bonds. The average molecular weight is 344 g/mol. The van der Waals surface area contributed by atoms with Crippen molar-refractivity contribution in [2.75, 3.05) is 5.32 Å². The number of carbonyl (C=O) groups excluding carboxylic acids is 3. The zero-order valence-electron chi connectivity index (χ0n) is 14.2. The molecule has 0 spiro atoms. The summed E-state index contributed by atoms with van der Waals surface area (Å²) in [7, 11) is 0. The minimum atomic E-state index is -0.563. The summed E-state index contributed by atoms with van der Waals surface area (Å²) in [6.07, 6.45) is 1.40. The van der Waals surface area contributed by atoms with Crippen LogP contribution in [0.3, 0.4) is 0 Å². The fraction of sp³-hybridized carbons (Fsp3) is 0.235. The minimum Gasteiger partial charge on any atom is -0.469 e. The highest BCUT2D eigenvalue weighted by Gasteiger charge is 2.14. The van der Waals surface area contributed by atoms with Crippen molar-refractivity contribution >= 4 is 23.5 Å². The average Bonchev–Trinajstić information content (AvgIpc) is 2.98. The molecule has 0 radical (unpaired) electrons. The second-order valence-electron chi connectivity index (χ2n) is 5.47. The van der Waals surface area contributed by atoms with E-state index in [0.717, 1.165) is 5.56 Å². The van der Waals surface area contributed by atoms with Gasteiger partial charge in [0.1, 0.15) is 5.76 Å². The Balaban J connectivity index is 1.88. The molecule has 132 valence electrons. The summed E-state index contributed by atoms with van der Waals surface area (Å²) < 4.78 is 5.03. The Kier molecular flexibility index (Phi) is 5.78. The molecule has 0 saturated carbocycles. The van der Waals surface area contributed by atoms with Crippen molar-refractivity contribution in [2.45, 2.75) is 26.8 Å². The Hall–Kier alpha value is -3.29. The van der Waals surface area contributed by atoms with Gasteiger partial charge >= 0.3 is 6.03 Å². The maximum Gasteiger partial charge on any atom is 0.333 e. The third-order valence-electron chi connectivity index (χ3n) is 3.45. The van der Waals surface area contributed by atoms with E-state index in [1.54, 1.807) is 32.0 Å². The zero-order valence-corrected chi connectivity index (χ0v) is 14.2. The molecule has 1 heterocycles. The highest BCUT2D eigenvalue weighted by Crippen LogP contribution is 2.17. The van der Waals surface area contributed by atoms with E-state index in [-0.39, 0.29) is 11.9 Å². The molecular weight excluding hydrogens is 324 g/mol. The number of aryl methyl sites for hydroxylation is 1. The van der Waals surface area contributed by atoms with Crippen LogP contribution in [0, 0.1) is 6.92 Å². The number of benzene rings is 1. The van der Waals surface area contributed by atoms with Gasteiger partial charge in [0.05, 0.1) is 17.9 Å². The fourth-order valence-electron chi connectivity index (χ4n) is 2.21. The van der Waals surface area contributed by atoms with Gasteiger partial charge in [-0.05, 0) is 37.6 Å². The maximum absolute atomic E-state index is 11.9. The summed E-state index contributed by atoms with van der Waals surface area (Å²) in [5, 5.41) is 5.37. The molecule has 1 unspecified atom stereocenters. The zero-order chi connectivity index (χ0) is 18.4. The number of amides is 4. The first kappa shape index (κ1) is 18.1. The van der Waals surface area contributed by atoms with Crippen molar-refractivity contribution in [1.29, 1.82) is 0 Å². The maximum atomic E-state index is 11.9. The van der Waals surface area contributed by atoms with Crippen LogP contribution in [0.5, 0.6) is 0 Å². The lowest BCUT2D eigenvalue weighted by molar-refractivity contribution is -0.114. The second kappa shape index (κ2) is 8.00. The molecule has 0 aliphatic rings. The number of hydrazine groups is 1. The lowest BCUT2D eigenvalue weighted by atomic mass is 10.1. The molecule has 1 aromatic carbocycles. The van der Waals surface area contributed by atoms with Gasteiger partial charge < -0.3 is 15.1 Å². The Morgan fingerprint density at radius 1 is 1.12 bits per heavy atom. The minimum absolute atomic E-state index is 0.173. The van der Waals surface area contributed by atoms with E-state index in [9.17, 15) is 14.4 Å². The van der Waals surface area contributed by atoms with E-state index in [1.807, 2.05) is 6.07 Å². The van der Waals surface area contributed by atoms with Crippen molar-refractivity contribution < 1.29 is 18.8 Å². The molecule has 2 aromatic rings. The molecule has 0 fully saturated rings. The molecular formula is C17H20N4O4. The Labute approximate surface area is 144 Å². The number of carbonyl (C=O) groups is 3. The number of hydrogen-bond donors (Lipinski definition) is 4. The number of rotatable bonds is 4. The van der Waals surface area contributed by atoms with Gasteiger partial charge in [-0.1, -0.05) is 12.1 Å². The van der Waals surface area contributed by atoms with Crippen LogP contribution in [0.25, 0.3) is 0 Å². The summed E-state index contributed by atoms with van der Waals surface area (Å²) in [5.74, 6) is -0.183. The van der Waals surface area contributed by atoms with Crippen molar-refractivity contribution in [3.8, 4) is 0 Å². The molecule has 1 aromatic heterocycles. The van der Waals surface area contributed by atoms with Crippen LogP contribution in [-0.4, -0.2) is 17.8 Å². The van der Waals surface area contributed by atoms with Crippen LogP contribution >= 0.6 is 0 Å². The summed E-state index contributed by atoms with van der Waals surface area (Å²) in [4.78, 5) is 34.9. The smallest absolute Gasteiger partial charge is 0.333 e. The number of urea groups is 1. The largest absolute Gasteiger partial charge is 0.469 e. The molecule has 2 rings (SSSR count). The molecule has 8 nitrogen and oxygen atoms in total. The molecule has 0 aliphatic carbocycles. The summed E-state index contributed by atoms with van der Waals surface area (Å²) in [6.45, 7) is 4.86. The third kappa shape index (κ3) is 5.10. The lowest BCUT2D eigenvalue weighted by Crippen LogP contribution is -2.47. The predicted octanol–water partition coefficient (Wildman–Crippen LogP) is 2.25.